The predicted octanol–water partition coefficient (Wildman–Crippen LogP) is 4.10. The molecule has 0 aliphatic carbocycles. The lowest BCUT2D eigenvalue weighted by Gasteiger charge is -2.02. The molecule has 86 valence electrons. The molecule has 0 amide bonds. The van der Waals surface area contributed by atoms with E-state index in [9.17, 15) is 0 Å². The Bertz CT molecular complexity index is 691. The predicted molar refractivity (Wildman–Crippen MR) is 75.5 cm³/mol. The van der Waals surface area contributed by atoms with Gasteiger partial charge < -0.3 is 10.7 Å². The zero-order valence-corrected chi connectivity index (χ0v) is 10.7. The van der Waals surface area contributed by atoms with Crippen LogP contribution in [-0.2, 0) is 0 Å². The minimum Gasteiger partial charge on any atom is -0.398 e. The fourth-order valence-corrected chi connectivity index (χ4v) is 3.29. The number of aromatic nitrogens is 1. The van der Waals surface area contributed by atoms with Gasteiger partial charge in [0.15, 0.2) is 0 Å². The van der Waals surface area contributed by atoms with Crippen LogP contribution in [0.15, 0.2) is 29.6 Å². The number of aromatic amines is 1. The van der Waals surface area contributed by atoms with Crippen molar-refractivity contribution >= 4 is 27.9 Å². The Labute approximate surface area is 104 Å². The van der Waals surface area contributed by atoms with Gasteiger partial charge in [-0.15, -0.1) is 11.3 Å². The number of nitrogens with one attached hydrogen (secondary N) is 1. The Morgan fingerprint density at radius 1 is 1.18 bits per heavy atom. The number of fused-ring (bicyclic) bond motifs is 1. The number of hydrogen-bond donors (Lipinski definition) is 2. The Kier molecular flexibility index (Phi) is 2.23. The van der Waals surface area contributed by atoms with Crippen LogP contribution in [0.1, 0.15) is 11.3 Å². The van der Waals surface area contributed by atoms with Crippen LogP contribution in [0, 0.1) is 13.8 Å². The number of aryl methyl sites for hydroxylation is 2. The molecule has 0 unspecified atom stereocenters. The zero-order valence-electron chi connectivity index (χ0n) is 9.87. The molecule has 0 fully saturated rings. The van der Waals surface area contributed by atoms with Crippen LogP contribution in [0.25, 0.3) is 21.3 Å². The van der Waals surface area contributed by atoms with Gasteiger partial charge in [-0.2, -0.15) is 0 Å². The lowest BCUT2D eigenvalue weighted by atomic mass is 10.0. The molecule has 0 atom stereocenters. The molecule has 3 aromatic rings. The topological polar surface area (TPSA) is 41.8 Å². The second-order valence-electron chi connectivity index (χ2n) is 4.33. The third kappa shape index (κ3) is 1.46. The fraction of sp³-hybridized carbons (Fsp3) is 0.143. The molecule has 2 nitrogen and oxygen atoms in total. The molecule has 2 heterocycles. The maximum atomic E-state index is 6.04. The van der Waals surface area contributed by atoms with Crippen molar-refractivity contribution in [2.75, 3.05) is 5.73 Å². The van der Waals surface area contributed by atoms with E-state index in [-0.39, 0.29) is 0 Å². The molecule has 2 aromatic heterocycles. The average molecular weight is 242 g/mol. The van der Waals surface area contributed by atoms with Gasteiger partial charge in [0.2, 0.25) is 0 Å². The minimum atomic E-state index is 0.863. The standard InChI is InChI=1S/C14H14N2S/c1-8-4-3-5-11-12(8)13(9(2)16-11)14-10(15)6-7-17-14/h3-7,16H,15H2,1-2H3. The Balaban J connectivity index is 2.44. The van der Waals surface area contributed by atoms with Crippen molar-refractivity contribution in [3.05, 3.63) is 40.9 Å². The summed E-state index contributed by atoms with van der Waals surface area (Å²) in [5.41, 5.74) is 11.8. The first kappa shape index (κ1) is 10.4. The number of thiophene rings is 1. The first-order valence-electron chi connectivity index (χ1n) is 5.59. The monoisotopic (exact) mass is 242 g/mol. The molecular weight excluding hydrogens is 228 g/mol. The smallest absolute Gasteiger partial charge is 0.0596 e. The minimum absolute atomic E-state index is 0.863. The summed E-state index contributed by atoms with van der Waals surface area (Å²) in [6.45, 7) is 4.25. The van der Waals surface area contributed by atoms with Crippen LogP contribution >= 0.6 is 11.3 Å². The summed E-state index contributed by atoms with van der Waals surface area (Å²) in [5, 5.41) is 3.33. The Morgan fingerprint density at radius 3 is 2.71 bits per heavy atom. The molecule has 3 heteroatoms. The van der Waals surface area contributed by atoms with Crippen molar-refractivity contribution < 1.29 is 0 Å². The Hall–Kier alpha value is -1.74. The van der Waals surface area contributed by atoms with Gasteiger partial charge >= 0.3 is 0 Å². The van der Waals surface area contributed by atoms with Crippen molar-refractivity contribution in [2.45, 2.75) is 13.8 Å². The number of nitrogens with two attached hydrogens (primary N) is 1. The van der Waals surface area contributed by atoms with Gasteiger partial charge in [0.1, 0.15) is 0 Å². The van der Waals surface area contributed by atoms with Gasteiger partial charge in [-0.25, -0.2) is 0 Å². The largest absolute Gasteiger partial charge is 0.398 e. The first-order chi connectivity index (χ1) is 8.18. The van der Waals surface area contributed by atoms with Crippen molar-refractivity contribution in [1.82, 2.24) is 4.98 Å². The fourth-order valence-electron chi connectivity index (χ4n) is 2.36. The van der Waals surface area contributed by atoms with Crippen molar-refractivity contribution in [1.29, 1.82) is 0 Å². The highest BCUT2D eigenvalue weighted by atomic mass is 32.1. The van der Waals surface area contributed by atoms with Crippen LogP contribution in [0.5, 0.6) is 0 Å². The quantitative estimate of drug-likeness (QED) is 0.663. The average Bonchev–Trinajstić information content (AvgIpc) is 2.82. The number of anilines is 1. The third-order valence-corrected chi connectivity index (χ3v) is 4.09. The van der Waals surface area contributed by atoms with Gasteiger partial charge in [-0.05, 0) is 36.9 Å². The van der Waals surface area contributed by atoms with E-state index in [1.54, 1.807) is 11.3 Å². The molecule has 0 radical (unpaired) electrons. The van der Waals surface area contributed by atoms with Gasteiger partial charge in [-0.1, -0.05) is 12.1 Å². The maximum Gasteiger partial charge on any atom is 0.0596 e. The van der Waals surface area contributed by atoms with E-state index in [1.165, 1.54) is 32.6 Å². The molecular formula is C14H14N2S. The highest BCUT2D eigenvalue weighted by Crippen LogP contribution is 2.39. The van der Waals surface area contributed by atoms with E-state index in [1.807, 2.05) is 11.4 Å². The van der Waals surface area contributed by atoms with E-state index in [0.717, 1.165) is 5.69 Å². The highest BCUT2D eigenvalue weighted by Gasteiger charge is 2.15. The molecule has 3 N–H and O–H groups in total. The summed E-state index contributed by atoms with van der Waals surface area (Å²) < 4.78 is 0. The number of benzene rings is 1. The number of H-pyrrole nitrogens is 1. The molecule has 0 spiro atoms. The van der Waals surface area contributed by atoms with E-state index in [4.69, 9.17) is 5.73 Å². The number of hydrogen-bond acceptors (Lipinski definition) is 2. The van der Waals surface area contributed by atoms with Crippen LogP contribution in [0.3, 0.4) is 0 Å². The van der Waals surface area contributed by atoms with Crippen LogP contribution in [0.2, 0.25) is 0 Å². The molecule has 1 aromatic carbocycles. The normalized spacial score (nSPS) is 11.2. The lowest BCUT2D eigenvalue weighted by molar-refractivity contribution is 1.30. The second-order valence-corrected chi connectivity index (χ2v) is 5.24. The molecule has 0 saturated carbocycles. The van der Waals surface area contributed by atoms with E-state index < -0.39 is 0 Å². The first-order valence-corrected chi connectivity index (χ1v) is 6.47. The molecule has 0 aliphatic rings. The zero-order chi connectivity index (χ0) is 12.0. The van der Waals surface area contributed by atoms with Crippen LogP contribution < -0.4 is 5.73 Å². The summed E-state index contributed by atoms with van der Waals surface area (Å²) in [7, 11) is 0. The summed E-state index contributed by atoms with van der Waals surface area (Å²) in [4.78, 5) is 4.60. The van der Waals surface area contributed by atoms with Crippen molar-refractivity contribution in [2.24, 2.45) is 0 Å². The van der Waals surface area contributed by atoms with Gasteiger partial charge in [-0.3, -0.25) is 0 Å². The summed E-state index contributed by atoms with van der Waals surface area (Å²) in [6, 6.07) is 8.30. The number of nitrogen functional groups attached to an aromatic ring is 1. The molecule has 0 aliphatic heterocycles. The van der Waals surface area contributed by atoms with Gasteiger partial charge in [0.05, 0.1) is 10.6 Å². The van der Waals surface area contributed by atoms with Gasteiger partial charge in [0, 0.05) is 22.2 Å². The van der Waals surface area contributed by atoms with E-state index >= 15 is 0 Å². The SMILES string of the molecule is Cc1[nH]c2cccc(C)c2c1-c1sccc1N. The molecule has 0 bridgehead atoms. The number of rotatable bonds is 1. The molecule has 0 saturated heterocycles. The Morgan fingerprint density at radius 2 is 2.00 bits per heavy atom. The van der Waals surface area contributed by atoms with Crippen LogP contribution in [0.4, 0.5) is 5.69 Å². The summed E-state index contributed by atoms with van der Waals surface area (Å²) in [5.74, 6) is 0. The summed E-state index contributed by atoms with van der Waals surface area (Å²) in [6.07, 6.45) is 0. The third-order valence-electron chi connectivity index (χ3n) is 3.14. The van der Waals surface area contributed by atoms with Crippen molar-refractivity contribution in [3.63, 3.8) is 0 Å². The van der Waals surface area contributed by atoms with Crippen molar-refractivity contribution in [3.8, 4) is 10.4 Å². The van der Waals surface area contributed by atoms with E-state index in [0.29, 0.717) is 0 Å². The second kappa shape index (κ2) is 3.64. The maximum absolute atomic E-state index is 6.04. The lowest BCUT2D eigenvalue weighted by Crippen LogP contribution is -1.85. The molecule has 17 heavy (non-hydrogen) atoms. The molecule has 3 rings (SSSR count). The van der Waals surface area contributed by atoms with Crippen LogP contribution in [-0.4, -0.2) is 4.98 Å². The highest BCUT2D eigenvalue weighted by molar-refractivity contribution is 7.14. The van der Waals surface area contributed by atoms with E-state index in [2.05, 4.69) is 37.0 Å². The van der Waals surface area contributed by atoms with Gasteiger partial charge in [0.25, 0.3) is 0 Å². The summed E-state index contributed by atoms with van der Waals surface area (Å²) >= 11 is 1.70.